The number of aromatic nitrogens is 1. The first kappa shape index (κ1) is 11.1. The van der Waals surface area contributed by atoms with E-state index in [1.165, 1.54) is 0 Å². The van der Waals surface area contributed by atoms with Crippen LogP contribution in [0.3, 0.4) is 0 Å². The molecule has 82 valence electrons. The van der Waals surface area contributed by atoms with Crippen LogP contribution in [-0.4, -0.2) is 11.1 Å². The molecule has 0 saturated carbocycles. The number of nitrogens with one attached hydrogen (secondary N) is 1. The topological polar surface area (TPSA) is 45.2 Å². The van der Waals surface area contributed by atoms with Crippen LogP contribution in [0, 0.1) is 0 Å². The lowest BCUT2D eigenvalue weighted by molar-refractivity contribution is 0.515. The van der Waals surface area contributed by atoms with Gasteiger partial charge < -0.3 is 4.98 Å². The molecule has 3 nitrogen and oxygen atoms in total. The monoisotopic (exact) mass is 278 g/mol. The molecule has 0 aliphatic carbocycles. The number of benzene rings is 1. The summed E-state index contributed by atoms with van der Waals surface area (Å²) in [5, 5.41) is 1.10. The Morgan fingerprint density at radius 3 is 2.81 bits per heavy atom. The van der Waals surface area contributed by atoms with Crippen LogP contribution in [0.25, 0.3) is 10.9 Å². The summed E-state index contributed by atoms with van der Waals surface area (Å²) in [5.41, 5.74) is 1.38. The summed E-state index contributed by atoms with van der Waals surface area (Å²) in [6.07, 6.45) is 1.61. The molecule has 4 heteroatoms. The Morgan fingerprint density at radius 1 is 1.38 bits per heavy atom. The third-order valence-corrected chi connectivity index (χ3v) is 3.06. The van der Waals surface area contributed by atoms with Crippen LogP contribution < -0.4 is 0 Å². The van der Waals surface area contributed by atoms with E-state index in [0.717, 1.165) is 21.1 Å². The third kappa shape index (κ3) is 1.94. The van der Waals surface area contributed by atoms with E-state index < -0.39 is 5.54 Å². The van der Waals surface area contributed by atoms with Crippen molar-refractivity contribution in [2.75, 3.05) is 0 Å². The molecule has 0 amide bonds. The fraction of sp³-hybridized carbons (Fsp3) is 0.250. The molecule has 2 rings (SSSR count). The zero-order valence-corrected chi connectivity index (χ0v) is 10.6. The second-order valence-corrected chi connectivity index (χ2v) is 5.09. The van der Waals surface area contributed by atoms with Gasteiger partial charge in [0.25, 0.3) is 0 Å². The van der Waals surface area contributed by atoms with Crippen molar-refractivity contribution in [1.82, 2.24) is 4.98 Å². The van der Waals surface area contributed by atoms with Crippen molar-refractivity contribution in [2.45, 2.75) is 19.4 Å². The number of rotatable bonds is 2. The smallest absolute Gasteiger partial charge is 0.235 e. The molecule has 16 heavy (non-hydrogen) atoms. The van der Waals surface area contributed by atoms with Gasteiger partial charge in [0.1, 0.15) is 5.54 Å². The minimum atomic E-state index is -0.562. The van der Waals surface area contributed by atoms with Crippen molar-refractivity contribution in [3.63, 3.8) is 0 Å². The minimum Gasteiger partial charge on any atom is -0.356 e. The largest absolute Gasteiger partial charge is 0.356 e. The van der Waals surface area contributed by atoms with Gasteiger partial charge in [-0.1, -0.05) is 15.9 Å². The van der Waals surface area contributed by atoms with E-state index in [4.69, 9.17) is 0 Å². The maximum atomic E-state index is 10.4. The first-order chi connectivity index (χ1) is 7.53. The van der Waals surface area contributed by atoms with Crippen LogP contribution in [0.4, 0.5) is 0 Å². The summed E-state index contributed by atoms with van der Waals surface area (Å²) in [4.78, 5) is 17.4. The molecule has 0 bridgehead atoms. The van der Waals surface area contributed by atoms with Crippen LogP contribution in [0.2, 0.25) is 0 Å². The van der Waals surface area contributed by atoms with Crippen molar-refractivity contribution in [2.24, 2.45) is 4.99 Å². The van der Waals surface area contributed by atoms with Gasteiger partial charge in [0.2, 0.25) is 6.08 Å². The summed E-state index contributed by atoms with van der Waals surface area (Å²) in [6.45, 7) is 3.75. The van der Waals surface area contributed by atoms with Gasteiger partial charge in [0, 0.05) is 21.1 Å². The van der Waals surface area contributed by atoms with E-state index in [1.54, 1.807) is 6.08 Å². The quantitative estimate of drug-likeness (QED) is 0.663. The number of H-pyrrole nitrogens is 1. The molecule has 0 aliphatic heterocycles. The Hall–Kier alpha value is -1.38. The predicted octanol–water partition coefficient (Wildman–Crippen LogP) is 3.50. The van der Waals surface area contributed by atoms with Crippen molar-refractivity contribution < 1.29 is 4.79 Å². The third-order valence-electron chi connectivity index (χ3n) is 2.57. The molecule has 2 aromatic rings. The molecule has 0 aliphatic rings. The zero-order chi connectivity index (χ0) is 11.8. The normalized spacial score (nSPS) is 11.4. The molecule has 0 saturated heterocycles. The number of aromatic amines is 1. The van der Waals surface area contributed by atoms with Gasteiger partial charge in [-0.15, -0.1) is 0 Å². The second kappa shape index (κ2) is 3.89. The van der Waals surface area contributed by atoms with Gasteiger partial charge >= 0.3 is 0 Å². The van der Waals surface area contributed by atoms with Gasteiger partial charge in [-0.2, -0.15) is 4.99 Å². The molecule has 0 radical (unpaired) electrons. The van der Waals surface area contributed by atoms with E-state index in [0.29, 0.717) is 0 Å². The molecule has 1 heterocycles. The summed E-state index contributed by atoms with van der Waals surface area (Å²) in [7, 11) is 0. The van der Waals surface area contributed by atoms with E-state index >= 15 is 0 Å². The Balaban J connectivity index is 2.59. The van der Waals surface area contributed by atoms with E-state index in [9.17, 15) is 4.79 Å². The number of halogens is 1. The SMILES string of the molecule is CC(C)(N=C=O)c1cc2cc(Br)ccc2[nH]1. The Morgan fingerprint density at radius 2 is 2.12 bits per heavy atom. The Kier molecular flexibility index (Phi) is 2.70. The average Bonchev–Trinajstić information content (AvgIpc) is 2.61. The van der Waals surface area contributed by atoms with E-state index in [2.05, 4.69) is 25.9 Å². The van der Waals surface area contributed by atoms with Crippen LogP contribution in [-0.2, 0) is 10.3 Å². The maximum Gasteiger partial charge on any atom is 0.235 e. The van der Waals surface area contributed by atoms with Crippen LogP contribution in [0.5, 0.6) is 0 Å². The number of hydrogen-bond donors (Lipinski definition) is 1. The molecule has 0 spiro atoms. The molecule has 0 unspecified atom stereocenters. The lowest BCUT2D eigenvalue weighted by Gasteiger charge is -2.14. The maximum absolute atomic E-state index is 10.4. The van der Waals surface area contributed by atoms with E-state index in [1.807, 2.05) is 38.1 Å². The van der Waals surface area contributed by atoms with Crippen LogP contribution >= 0.6 is 15.9 Å². The summed E-state index contributed by atoms with van der Waals surface area (Å²) >= 11 is 3.42. The number of nitrogens with zero attached hydrogens (tertiary/aromatic N) is 1. The molecule has 0 atom stereocenters. The van der Waals surface area contributed by atoms with Crippen molar-refractivity contribution >= 4 is 32.9 Å². The summed E-state index contributed by atoms with van der Waals surface area (Å²) < 4.78 is 1.03. The minimum absolute atomic E-state index is 0.562. The van der Waals surface area contributed by atoms with Crippen molar-refractivity contribution in [3.8, 4) is 0 Å². The highest BCUT2D eigenvalue weighted by Crippen LogP contribution is 2.28. The molecule has 0 fully saturated rings. The van der Waals surface area contributed by atoms with Crippen LogP contribution in [0.1, 0.15) is 19.5 Å². The molecular weight excluding hydrogens is 268 g/mol. The Labute approximate surface area is 102 Å². The van der Waals surface area contributed by atoms with Crippen molar-refractivity contribution in [3.05, 3.63) is 34.4 Å². The highest BCUT2D eigenvalue weighted by molar-refractivity contribution is 9.10. The first-order valence-electron chi connectivity index (χ1n) is 4.91. The van der Waals surface area contributed by atoms with Gasteiger partial charge in [-0.05, 0) is 38.1 Å². The van der Waals surface area contributed by atoms with Gasteiger partial charge in [-0.25, -0.2) is 4.79 Å². The van der Waals surface area contributed by atoms with Gasteiger partial charge in [-0.3, -0.25) is 0 Å². The van der Waals surface area contributed by atoms with Crippen LogP contribution in [0.15, 0.2) is 33.7 Å². The highest BCUT2D eigenvalue weighted by Gasteiger charge is 2.21. The highest BCUT2D eigenvalue weighted by atomic mass is 79.9. The Bertz CT molecular complexity index is 580. The predicted molar refractivity (Wildman–Crippen MR) is 67.1 cm³/mol. The first-order valence-corrected chi connectivity index (χ1v) is 5.70. The number of fused-ring (bicyclic) bond motifs is 1. The average molecular weight is 279 g/mol. The number of aliphatic imine (C=N–C) groups is 1. The number of carbonyl (C=O) groups excluding carboxylic acids is 1. The molecular formula is C12H11BrN2O. The van der Waals surface area contributed by atoms with Gasteiger partial charge in [0.05, 0.1) is 0 Å². The van der Waals surface area contributed by atoms with Crippen molar-refractivity contribution in [1.29, 1.82) is 0 Å². The second-order valence-electron chi connectivity index (χ2n) is 4.18. The molecule has 1 N–H and O–H groups in total. The molecule has 1 aromatic carbocycles. The standard InChI is InChI=1S/C12H11BrN2O/c1-12(2,14-7-16)11-6-8-5-9(13)3-4-10(8)15-11/h3-6,15H,1-2H3. The molecule has 1 aromatic heterocycles. The number of isocyanates is 1. The number of hydrogen-bond acceptors (Lipinski definition) is 2. The lowest BCUT2D eigenvalue weighted by atomic mass is 10.0. The van der Waals surface area contributed by atoms with E-state index in [-0.39, 0.29) is 0 Å². The summed E-state index contributed by atoms with van der Waals surface area (Å²) in [6, 6.07) is 7.99. The fourth-order valence-electron chi connectivity index (χ4n) is 1.61. The zero-order valence-electron chi connectivity index (χ0n) is 9.04. The van der Waals surface area contributed by atoms with Gasteiger partial charge in [0.15, 0.2) is 0 Å². The summed E-state index contributed by atoms with van der Waals surface area (Å²) in [5.74, 6) is 0. The fourth-order valence-corrected chi connectivity index (χ4v) is 1.99. The lowest BCUT2D eigenvalue weighted by Crippen LogP contribution is -2.13.